The van der Waals surface area contributed by atoms with Crippen LogP contribution in [0.25, 0.3) is 10.4 Å². The molecule has 0 saturated carbocycles. The SMILES string of the molecule is [N-]=[N+]=Nc1ccc(N(CCCN)CCCCNC(=O)CCCC[C@@H]2SC[C@@H]3NC(=O)N[C@@H]32)c([N+](=O)[O-])c1. The van der Waals surface area contributed by atoms with Gasteiger partial charge in [0.1, 0.15) is 5.69 Å². The van der Waals surface area contributed by atoms with Crippen molar-refractivity contribution in [3.8, 4) is 0 Å². The van der Waals surface area contributed by atoms with Crippen LogP contribution in [0, 0.1) is 10.1 Å². The number of anilines is 1. The lowest BCUT2D eigenvalue weighted by molar-refractivity contribution is -0.384. The van der Waals surface area contributed by atoms with E-state index in [2.05, 4.69) is 26.0 Å². The fourth-order valence-electron chi connectivity index (χ4n) is 4.69. The number of nitrogens with zero attached hydrogens (tertiary/aromatic N) is 5. The Labute approximate surface area is 220 Å². The van der Waals surface area contributed by atoms with Gasteiger partial charge in [0.15, 0.2) is 0 Å². The molecule has 0 aliphatic carbocycles. The number of nitro benzene ring substituents is 1. The molecule has 0 aromatic heterocycles. The zero-order chi connectivity index (χ0) is 26.6. The summed E-state index contributed by atoms with van der Waals surface area (Å²) in [6.07, 6.45) is 5.36. The number of thioether (sulfide) groups is 1. The first-order valence-electron chi connectivity index (χ1n) is 12.7. The van der Waals surface area contributed by atoms with Gasteiger partial charge in [-0.3, -0.25) is 14.9 Å². The van der Waals surface area contributed by atoms with Crippen molar-refractivity contribution >= 4 is 40.8 Å². The number of unbranched alkanes of at least 4 members (excludes halogenated alkanes) is 2. The number of fused-ring (bicyclic) bond motifs is 1. The molecule has 14 heteroatoms. The molecular formula is C23H35N9O4S. The molecule has 202 valence electrons. The predicted octanol–water partition coefficient (Wildman–Crippen LogP) is 3.31. The maximum Gasteiger partial charge on any atom is 0.315 e. The van der Waals surface area contributed by atoms with Crippen molar-refractivity contribution in [2.45, 2.75) is 62.3 Å². The minimum Gasteiger partial charge on any atom is -0.366 e. The molecule has 3 amide bonds. The molecule has 2 saturated heterocycles. The van der Waals surface area contributed by atoms with Crippen LogP contribution in [0.2, 0.25) is 0 Å². The number of nitrogens with one attached hydrogen (secondary N) is 3. The van der Waals surface area contributed by atoms with Crippen molar-refractivity contribution in [2.75, 3.05) is 36.8 Å². The van der Waals surface area contributed by atoms with Gasteiger partial charge in [-0.2, -0.15) is 11.8 Å². The Balaban J connectivity index is 1.36. The highest BCUT2D eigenvalue weighted by molar-refractivity contribution is 8.00. The molecular weight excluding hydrogens is 498 g/mol. The number of urea groups is 1. The van der Waals surface area contributed by atoms with Crippen LogP contribution in [-0.2, 0) is 4.79 Å². The molecule has 37 heavy (non-hydrogen) atoms. The minimum atomic E-state index is -0.480. The van der Waals surface area contributed by atoms with Crippen LogP contribution in [0.1, 0.15) is 44.9 Å². The van der Waals surface area contributed by atoms with E-state index < -0.39 is 4.92 Å². The summed E-state index contributed by atoms with van der Waals surface area (Å²) in [5, 5.41) is 24.4. The van der Waals surface area contributed by atoms with E-state index in [1.807, 2.05) is 16.7 Å². The summed E-state index contributed by atoms with van der Waals surface area (Å²) in [6.45, 7) is 2.14. The molecule has 3 rings (SSSR count). The van der Waals surface area contributed by atoms with Crippen molar-refractivity contribution in [1.29, 1.82) is 0 Å². The maximum atomic E-state index is 12.2. The molecule has 1 aromatic carbocycles. The van der Waals surface area contributed by atoms with E-state index in [1.165, 1.54) is 6.07 Å². The fraction of sp³-hybridized carbons (Fsp3) is 0.652. The van der Waals surface area contributed by atoms with Crippen LogP contribution in [-0.4, -0.2) is 66.1 Å². The van der Waals surface area contributed by atoms with Gasteiger partial charge in [-0.25, -0.2) is 4.79 Å². The summed E-state index contributed by atoms with van der Waals surface area (Å²) in [6, 6.07) is 4.77. The monoisotopic (exact) mass is 533 g/mol. The number of rotatable bonds is 16. The van der Waals surface area contributed by atoms with Crippen LogP contribution >= 0.6 is 11.8 Å². The third kappa shape index (κ3) is 8.41. The van der Waals surface area contributed by atoms with Gasteiger partial charge in [0.2, 0.25) is 5.91 Å². The molecule has 5 N–H and O–H groups in total. The Kier molecular flexibility index (Phi) is 11.1. The second-order valence-electron chi connectivity index (χ2n) is 9.17. The van der Waals surface area contributed by atoms with E-state index in [0.29, 0.717) is 50.0 Å². The number of nitro groups is 1. The lowest BCUT2D eigenvalue weighted by atomic mass is 10.0. The standard InChI is InChI=1S/C23H35N9O4S/c24-10-5-13-31(18-9-8-16(29-30-25)14-19(18)32(35)36)12-4-3-11-26-21(33)7-2-1-6-20-22-17(15-37-20)27-23(34)28-22/h8-9,14,17,20,22H,1-7,10-13,15,24H2,(H,26,33)(H2,27,28,34)/t17-,20-,22-/m0/s1. The van der Waals surface area contributed by atoms with Gasteiger partial charge in [-0.1, -0.05) is 17.6 Å². The van der Waals surface area contributed by atoms with Gasteiger partial charge in [0, 0.05) is 53.7 Å². The van der Waals surface area contributed by atoms with Crippen molar-refractivity contribution < 1.29 is 14.5 Å². The summed E-state index contributed by atoms with van der Waals surface area (Å²) in [4.78, 5) is 39.4. The van der Waals surface area contributed by atoms with Crippen molar-refractivity contribution in [3.05, 3.63) is 38.8 Å². The average molecular weight is 534 g/mol. The molecule has 0 bridgehead atoms. The van der Waals surface area contributed by atoms with Gasteiger partial charge < -0.3 is 26.6 Å². The van der Waals surface area contributed by atoms with Crippen molar-refractivity contribution in [2.24, 2.45) is 10.8 Å². The molecule has 13 nitrogen and oxygen atoms in total. The van der Waals surface area contributed by atoms with Crippen LogP contribution in [0.15, 0.2) is 23.3 Å². The minimum absolute atomic E-state index is 0.0250. The fourth-order valence-corrected chi connectivity index (χ4v) is 6.24. The zero-order valence-electron chi connectivity index (χ0n) is 20.8. The highest BCUT2D eigenvalue weighted by Gasteiger charge is 2.42. The number of azide groups is 1. The first-order chi connectivity index (χ1) is 17.9. The van der Waals surface area contributed by atoms with Gasteiger partial charge in [0.25, 0.3) is 5.69 Å². The first kappa shape index (κ1) is 28.4. The maximum absolute atomic E-state index is 12.2. The third-order valence-electron chi connectivity index (χ3n) is 6.55. The van der Waals surface area contributed by atoms with E-state index in [4.69, 9.17) is 11.3 Å². The van der Waals surface area contributed by atoms with Crippen LogP contribution in [0.4, 0.5) is 21.9 Å². The molecule has 2 heterocycles. The van der Waals surface area contributed by atoms with E-state index in [-0.39, 0.29) is 35.4 Å². The van der Waals surface area contributed by atoms with Gasteiger partial charge in [-0.05, 0) is 50.2 Å². The van der Waals surface area contributed by atoms with E-state index in [0.717, 1.165) is 37.9 Å². The summed E-state index contributed by atoms with van der Waals surface area (Å²) in [7, 11) is 0. The second kappa shape index (κ2) is 14.5. The first-order valence-corrected chi connectivity index (χ1v) is 13.7. The third-order valence-corrected chi connectivity index (χ3v) is 8.05. The Hall–Kier alpha value is -3.22. The van der Waals surface area contributed by atoms with E-state index in [1.54, 1.807) is 12.1 Å². The number of carbonyl (C=O) groups is 2. The topological polar surface area (TPSA) is 191 Å². The highest BCUT2D eigenvalue weighted by atomic mass is 32.2. The lowest BCUT2D eigenvalue weighted by Gasteiger charge is -2.24. The average Bonchev–Trinajstić information content (AvgIpc) is 3.43. The molecule has 0 unspecified atom stereocenters. The van der Waals surface area contributed by atoms with Crippen molar-refractivity contribution in [3.63, 3.8) is 0 Å². The predicted molar refractivity (Wildman–Crippen MR) is 144 cm³/mol. The van der Waals surface area contributed by atoms with Crippen LogP contribution < -0.4 is 26.6 Å². The largest absolute Gasteiger partial charge is 0.366 e. The van der Waals surface area contributed by atoms with E-state index in [9.17, 15) is 19.7 Å². The Morgan fingerprint density at radius 2 is 2.08 bits per heavy atom. The number of carbonyl (C=O) groups excluding carboxylic acids is 2. The summed E-state index contributed by atoms with van der Waals surface area (Å²) >= 11 is 1.88. The molecule has 2 aliphatic heterocycles. The van der Waals surface area contributed by atoms with Crippen molar-refractivity contribution in [1.82, 2.24) is 16.0 Å². The number of hydrogen-bond donors (Lipinski definition) is 4. The number of amides is 3. The molecule has 3 atom stereocenters. The number of benzene rings is 1. The van der Waals surface area contributed by atoms with Gasteiger partial charge in [-0.15, -0.1) is 0 Å². The molecule has 2 aliphatic rings. The van der Waals surface area contributed by atoms with Crippen LogP contribution in [0.3, 0.4) is 0 Å². The lowest BCUT2D eigenvalue weighted by Crippen LogP contribution is -2.36. The highest BCUT2D eigenvalue weighted by Crippen LogP contribution is 2.34. The number of hydrogen-bond acceptors (Lipinski definition) is 8. The van der Waals surface area contributed by atoms with Gasteiger partial charge >= 0.3 is 6.03 Å². The van der Waals surface area contributed by atoms with Gasteiger partial charge in [0.05, 0.1) is 17.0 Å². The zero-order valence-corrected chi connectivity index (χ0v) is 21.6. The van der Waals surface area contributed by atoms with E-state index >= 15 is 0 Å². The number of nitrogens with two attached hydrogens (primary N) is 1. The summed E-state index contributed by atoms with van der Waals surface area (Å²) in [5.41, 5.74) is 14.8. The van der Waals surface area contributed by atoms with Crippen LogP contribution in [0.5, 0.6) is 0 Å². The Morgan fingerprint density at radius 1 is 1.27 bits per heavy atom. The smallest absolute Gasteiger partial charge is 0.315 e. The Morgan fingerprint density at radius 3 is 2.84 bits per heavy atom. The summed E-state index contributed by atoms with van der Waals surface area (Å²) < 4.78 is 0. The Bertz CT molecular complexity index is 1000. The molecule has 1 aromatic rings. The quantitative estimate of drug-likeness (QED) is 0.0476. The molecule has 0 radical (unpaired) electrons. The molecule has 0 spiro atoms. The molecule has 2 fully saturated rings. The normalized spacial score (nSPS) is 19.9. The second-order valence-corrected chi connectivity index (χ2v) is 10.4. The summed E-state index contributed by atoms with van der Waals surface area (Å²) in [5.74, 6) is 0.962.